The predicted octanol–water partition coefficient (Wildman–Crippen LogP) is 2.05. The first-order valence-electron chi connectivity index (χ1n) is 6.96. The normalized spacial score (nSPS) is 15.8. The summed E-state index contributed by atoms with van der Waals surface area (Å²) < 4.78 is 0. The van der Waals surface area contributed by atoms with Gasteiger partial charge in [0, 0.05) is 25.2 Å². The summed E-state index contributed by atoms with van der Waals surface area (Å²) in [6, 6.07) is 1.27. The Labute approximate surface area is 129 Å². The Morgan fingerprint density at radius 3 is 2.44 bits per heavy atom. The molecule has 1 aliphatic carbocycles. The van der Waals surface area contributed by atoms with Crippen molar-refractivity contribution in [1.29, 1.82) is 0 Å². The zero-order chi connectivity index (χ0) is 12.7. The first-order chi connectivity index (χ1) is 8.17. The first-order valence-corrected chi connectivity index (χ1v) is 6.96. The van der Waals surface area contributed by atoms with Gasteiger partial charge >= 0.3 is 0 Å². The lowest BCUT2D eigenvalue weighted by Gasteiger charge is -2.23. The molecule has 1 aliphatic rings. The van der Waals surface area contributed by atoms with Gasteiger partial charge in [-0.15, -0.1) is 24.0 Å². The quantitative estimate of drug-likeness (QED) is 0.411. The summed E-state index contributed by atoms with van der Waals surface area (Å²) in [4.78, 5) is 7.05. The maximum Gasteiger partial charge on any atom is 0.191 e. The second-order valence-electron chi connectivity index (χ2n) is 4.90. The molecule has 0 aliphatic heterocycles. The van der Waals surface area contributed by atoms with Gasteiger partial charge in [0.15, 0.2) is 5.96 Å². The maximum atomic E-state index is 4.62. The summed E-state index contributed by atoms with van der Waals surface area (Å²) in [5, 5.41) is 6.73. The molecule has 0 aromatic heterocycles. The maximum absolute atomic E-state index is 4.62. The van der Waals surface area contributed by atoms with Crippen molar-refractivity contribution < 1.29 is 0 Å². The topological polar surface area (TPSA) is 39.7 Å². The van der Waals surface area contributed by atoms with Gasteiger partial charge in [0.05, 0.1) is 6.54 Å². The van der Waals surface area contributed by atoms with Crippen molar-refractivity contribution in [2.45, 2.75) is 52.6 Å². The van der Waals surface area contributed by atoms with E-state index in [2.05, 4.69) is 48.2 Å². The van der Waals surface area contributed by atoms with Crippen molar-refractivity contribution in [1.82, 2.24) is 15.5 Å². The lowest BCUT2D eigenvalue weighted by molar-refractivity contribution is 0.240. The van der Waals surface area contributed by atoms with Crippen LogP contribution >= 0.6 is 24.0 Å². The van der Waals surface area contributed by atoms with E-state index in [1.54, 1.807) is 0 Å². The number of aliphatic imine (C=N–C) groups is 1. The van der Waals surface area contributed by atoms with Gasteiger partial charge in [-0.05, 0) is 40.2 Å². The van der Waals surface area contributed by atoms with Gasteiger partial charge in [-0.2, -0.15) is 0 Å². The van der Waals surface area contributed by atoms with E-state index >= 15 is 0 Å². The Kier molecular flexibility index (Phi) is 9.81. The van der Waals surface area contributed by atoms with Crippen LogP contribution in [0.3, 0.4) is 0 Å². The molecule has 1 fully saturated rings. The van der Waals surface area contributed by atoms with E-state index in [9.17, 15) is 0 Å². The van der Waals surface area contributed by atoms with Crippen molar-refractivity contribution in [2.75, 3.05) is 26.2 Å². The summed E-state index contributed by atoms with van der Waals surface area (Å²) in [5.41, 5.74) is 0. The molecule has 0 aromatic rings. The number of nitrogens with zero attached hydrogens (tertiary/aromatic N) is 2. The highest BCUT2D eigenvalue weighted by Gasteiger charge is 2.22. The number of rotatable bonds is 7. The molecular weight excluding hydrogens is 339 g/mol. The van der Waals surface area contributed by atoms with E-state index in [1.165, 1.54) is 12.8 Å². The van der Waals surface area contributed by atoms with Crippen LogP contribution < -0.4 is 10.6 Å². The molecule has 0 aromatic carbocycles. The minimum Gasteiger partial charge on any atom is -0.357 e. The highest BCUT2D eigenvalue weighted by molar-refractivity contribution is 14.0. The van der Waals surface area contributed by atoms with Gasteiger partial charge in [-0.1, -0.05) is 6.92 Å². The fourth-order valence-electron chi connectivity index (χ4n) is 1.81. The largest absolute Gasteiger partial charge is 0.357 e. The highest BCUT2D eigenvalue weighted by atomic mass is 127. The van der Waals surface area contributed by atoms with Crippen molar-refractivity contribution >= 4 is 29.9 Å². The SMILES string of the molecule is CCNC(=NCCN(CC)C(C)C)NC1CC1.I. The minimum absolute atomic E-state index is 0. The number of halogens is 1. The Bertz CT molecular complexity index is 239. The fraction of sp³-hybridized carbons (Fsp3) is 0.923. The number of nitrogens with one attached hydrogen (secondary N) is 2. The molecule has 0 amide bonds. The second kappa shape index (κ2) is 9.83. The van der Waals surface area contributed by atoms with E-state index in [0.717, 1.165) is 32.1 Å². The summed E-state index contributed by atoms with van der Waals surface area (Å²) in [6.45, 7) is 12.7. The summed E-state index contributed by atoms with van der Waals surface area (Å²) in [6.07, 6.45) is 2.58. The van der Waals surface area contributed by atoms with Crippen LogP contribution in [0.5, 0.6) is 0 Å². The van der Waals surface area contributed by atoms with Crippen LogP contribution in [0.25, 0.3) is 0 Å². The average molecular weight is 368 g/mol. The van der Waals surface area contributed by atoms with E-state index in [-0.39, 0.29) is 24.0 Å². The molecule has 0 bridgehead atoms. The molecule has 0 atom stereocenters. The van der Waals surface area contributed by atoms with Crippen LogP contribution in [0.2, 0.25) is 0 Å². The van der Waals surface area contributed by atoms with Crippen LogP contribution in [0.15, 0.2) is 4.99 Å². The molecule has 1 saturated carbocycles. The molecule has 5 heteroatoms. The number of hydrogen-bond donors (Lipinski definition) is 2. The number of guanidine groups is 1. The Balaban J connectivity index is 0.00000289. The molecule has 2 N–H and O–H groups in total. The van der Waals surface area contributed by atoms with Crippen molar-refractivity contribution in [3.8, 4) is 0 Å². The van der Waals surface area contributed by atoms with Gasteiger partial charge in [0.2, 0.25) is 0 Å². The number of likely N-dealkylation sites (N-methyl/N-ethyl adjacent to an activating group) is 1. The molecule has 0 heterocycles. The van der Waals surface area contributed by atoms with E-state index in [4.69, 9.17) is 0 Å². The standard InChI is InChI=1S/C13H28N4.HI/c1-5-14-13(16-12-7-8-12)15-9-10-17(6-2)11(3)4;/h11-12H,5-10H2,1-4H3,(H2,14,15,16);1H. The average Bonchev–Trinajstić information content (AvgIpc) is 3.08. The van der Waals surface area contributed by atoms with Crippen molar-refractivity contribution in [2.24, 2.45) is 4.99 Å². The Morgan fingerprint density at radius 1 is 1.33 bits per heavy atom. The second-order valence-corrected chi connectivity index (χ2v) is 4.90. The van der Waals surface area contributed by atoms with Crippen LogP contribution in [-0.2, 0) is 0 Å². The molecule has 108 valence electrons. The monoisotopic (exact) mass is 368 g/mol. The third kappa shape index (κ3) is 7.41. The van der Waals surface area contributed by atoms with Crippen LogP contribution in [0.4, 0.5) is 0 Å². The van der Waals surface area contributed by atoms with Crippen molar-refractivity contribution in [3.05, 3.63) is 0 Å². The zero-order valence-electron chi connectivity index (χ0n) is 12.2. The summed E-state index contributed by atoms with van der Waals surface area (Å²) in [5.74, 6) is 0.981. The Hall–Kier alpha value is -0.0400. The molecule has 1 rings (SSSR count). The summed E-state index contributed by atoms with van der Waals surface area (Å²) >= 11 is 0. The van der Waals surface area contributed by atoms with E-state index in [1.807, 2.05) is 0 Å². The summed E-state index contributed by atoms with van der Waals surface area (Å²) in [7, 11) is 0. The molecule has 0 radical (unpaired) electrons. The van der Waals surface area contributed by atoms with Gasteiger partial charge in [0.25, 0.3) is 0 Å². The van der Waals surface area contributed by atoms with Gasteiger partial charge < -0.3 is 10.6 Å². The van der Waals surface area contributed by atoms with E-state index in [0.29, 0.717) is 12.1 Å². The van der Waals surface area contributed by atoms with Crippen LogP contribution in [0.1, 0.15) is 40.5 Å². The van der Waals surface area contributed by atoms with Gasteiger partial charge in [-0.3, -0.25) is 9.89 Å². The lowest BCUT2D eigenvalue weighted by Crippen LogP contribution is -2.39. The minimum atomic E-state index is 0. The smallest absolute Gasteiger partial charge is 0.191 e. The molecule has 18 heavy (non-hydrogen) atoms. The molecule has 0 spiro atoms. The van der Waals surface area contributed by atoms with Gasteiger partial charge in [-0.25, -0.2) is 0 Å². The zero-order valence-corrected chi connectivity index (χ0v) is 14.5. The molecule has 4 nitrogen and oxygen atoms in total. The van der Waals surface area contributed by atoms with E-state index < -0.39 is 0 Å². The van der Waals surface area contributed by atoms with Crippen molar-refractivity contribution in [3.63, 3.8) is 0 Å². The number of hydrogen-bond acceptors (Lipinski definition) is 2. The highest BCUT2D eigenvalue weighted by Crippen LogP contribution is 2.18. The molecule has 0 saturated heterocycles. The molecular formula is C13H29IN4. The third-order valence-electron chi connectivity index (χ3n) is 3.06. The fourth-order valence-corrected chi connectivity index (χ4v) is 1.81. The Morgan fingerprint density at radius 2 is 2.00 bits per heavy atom. The molecule has 0 unspecified atom stereocenters. The predicted molar refractivity (Wildman–Crippen MR) is 89.9 cm³/mol. The van der Waals surface area contributed by atoms with Crippen LogP contribution in [0, 0.1) is 0 Å². The third-order valence-corrected chi connectivity index (χ3v) is 3.06. The first kappa shape index (κ1) is 18.0. The van der Waals surface area contributed by atoms with Gasteiger partial charge in [0.1, 0.15) is 0 Å². The lowest BCUT2D eigenvalue weighted by atomic mass is 10.3. The van der Waals surface area contributed by atoms with Crippen LogP contribution in [-0.4, -0.2) is 49.1 Å².